The molecule has 0 aliphatic heterocycles. The summed E-state index contributed by atoms with van der Waals surface area (Å²) in [7, 11) is 0. The standard InChI is InChI=1S/C20H19NO3/c1-11-3-5-13(6-4-11)20(23)24-21-19-12(2)9-16(22)17-14-7-8-15(10-14)18(17)19/h3-9,14-15,17-18H,10H2,1-2H3/b21-19+/t14-,15-,17+,18-/m0/s1. The van der Waals surface area contributed by atoms with Gasteiger partial charge in [0.15, 0.2) is 5.78 Å². The van der Waals surface area contributed by atoms with Crippen molar-refractivity contribution in [3.8, 4) is 0 Å². The predicted octanol–water partition coefficient (Wildman–Crippen LogP) is 3.48. The van der Waals surface area contributed by atoms with Crippen LogP contribution in [0, 0.1) is 30.6 Å². The van der Waals surface area contributed by atoms with Gasteiger partial charge in [-0.25, -0.2) is 4.79 Å². The maximum atomic E-state index is 12.3. The Labute approximate surface area is 140 Å². The molecule has 4 rings (SSSR count). The summed E-state index contributed by atoms with van der Waals surface area (Å²) in [6.45, 7) is 3.83. The number of allylic oxidation sites excluding steroid dienone is 4. The third kappa shape index (κ3) is 2.33. The van der Waals surface area contributed by atoms with E-state index in [4.69, 9.17) is 4.84 Å². The van der Waals surface area contributed by atoms with Crippen molar-refractivity contribution in [2.75, 3.05) is 0 Å². The molecule has 0 N–H and O–H groups in total. The fraction of sp³-hybridized carbons (Fsp3) is 0.350. The molecule has 4 atom stereocenters. The number of carbonyl (C=O) groups excluding carboxylic acids is 2. The first-order chi connectivity index (χ1) is 11.5. The van der Waals surface area contributed by atoms with Gasteiger partial charge in [0.2, 0.25) is 0 Å². The number of benzene rings is 1. The zero-order valence-electron chi connectivity index (χ0n) is 13.7. The Morgan fingerprint density at radius 3 is 2.46 bits per heavy atom. The number of nitrogens with zero attached hydrogens (tertiary/aromatic N) is 1. The van der Waals surface area contributed by atoms with Crippen molar-refractivity contribution in [2.24, 2.45) is 28.8 Å². The van der Waals surface area contributed by atoms with Crippen molar-refractivity contribution in [2.45, 2.75) is 20.3 Å². The van der Waals surface area contributed by atoms with Crippen LogP contribution in [0.3, 0.4) is 0 Å². The molecule has 1 aromatic rings. The number of rotatable bonds is 2. The lowest BCUT2D eigenvalue weighted by Crippen LogP contribution is -2.37. The molecule has 1 aromatic carbocycles. The largest absolute Gasteiger partial charge is 0.365 e. The number of ketones is 1. The summed E-state index contributed by atoms with van der Waals surface area (Å²) in [6, 6.07) is 7.19. The van der Waals surface area contributed by atoms with E-state index >= 15 is 0 Å². The topological polar surface area (TPSA) is 55.7 Å². The van der Waals surface area contributed by atoms with E-state index in [9.17, 15) is 9.59 Å². The lowest BCUT2D eigenvalue weighted by Gasteiger charge is -2.30. The van der Waals surface area contributed by atoms with Crippen molar-refractivity contribution < 1.29 is 14.4 Å². The molecule has 0 unspecified atom stereocenters. The van der Waals surface area contributed by atoms with Crippen molar-refractivity contribution in [1.82, 2.24) is 0 Å². The maximum Gasteiger partial charge on any atom is 0.365 e. The second-order valence-corrected chi connectivity index (χ2v) is 6.95. The Kier molecular flexibility index (Phi) is 3.48. The van der Waals surface area contributed by atoms with Crippen LogP contribution in [0.5, 0.6) is 0 Å². The van der Waals surface area contributed by atoms with Gasteiger partial charge in [-0.05, 0) is 55.9 Å². The first kappa shape index (κ1) is 15.1. The fourth-order valence-corrected chi connectivity index (χ4v) is 4.20. The van der Waals surface area contributed by atoms with Crippen LogP contribution < -0.4 is 0 Å². The number of hydrogen-bond acceptors (Lipinski definition) is 4. The normalized spacial score (nSPS) is 32.0. The number of hydrogen-bond donors (Lipinski definition) is 0. The Morgan fingerprint density at radius 1 is 1.08 bits per heavy atom. The minimum absolute atomic E-state index is 0.0412. The first-order valence-electron chi connectivity index (χ1n) is 8.31. The highest BCUT2D eigenvalue weighted by molar-refractivity contribution is 6.13. The minimum atomic E-state index is -0.470. The summed E-state index contributed by atoms with van der Waals surface area (Å²) in [5, 5.41) is 4.17. The molecule has 0 spiro atoms. The summed E-state index contributed by atoms with van der Waals surface area (Å²) in [5.41, 5.74) is 3.11. The molecule has 0 aromatic heterocycles. The molecule has 3 aliphatic rings. The van der Waals surface area contributed by atoms with Gasteiger partial charge in [-0.15, -0.1) is 0 Å². The van der Waals surface area contributed by atoms with Crippen LogP contribution in [0.2, 0.25) is 0 Å². The van der Waals surface area contributed by atoms with Gasteiger partial charge in [-0.1, -0.05) is 35.0 Å². The third-order valence-electron chi connectivity index (χ3n) is 5.38. The van der Waals surface area contributed by atoms with Crippen LogP contribution in [0.15, 0.2) is 53.2 Å². The second-order valence-electron chi connectivity index (χ2n) is 6.95. The van der Waals surface area contributed by atoms with Crippen LogP contribution >= 0.6 is 0 Å². The smallest absolute Gasteiger partial charge is 0.313 e. The number of carbonyl (C=O) groups is 2. The third-order valence-corrected chi connectivity index (χ3v) is 5.38. The van der Waals surface area contributed by atoms with Gasteiger partial charge >= 0.3 is 5.97 Å². The van der Waals surface area contributed by atoms with Gasteiger partial charge in [0.1, 0.15) is 0 Å². The minimum Gasteiger partial charge on any atom is -0.313 e. The molecular weight excluding hydrogens is 302 g/mol. The highest BCUT2D eigenvalue weighted by atomic mass is 16.7. The summed E-state index contributed by atoms with van der Waals surface area (Å²) >= 11 is 0. The summed E-state index contributed by atoms with van der Waals surface area (Å²) in [4.78, 5) is 29.7. The van der Waals surface area contributed by atoms with E-state index in [1.54, 1.807) is 18.2 Å². The lowest BCUT2D eigenvalue weighted by atomic mass is 9.72. The molecule has 0 saturated heterocycles. The zero-order valence-corrected chi connectivity index (χ0v) is 13.7. The number of oxime groups is 1. The summed E-state index contributed by atoms with van der Waals surface area (Å²) in [5.74, 6) is 0.337. The van der Waals surface area contributed by atoms with Crippen molar-refractivity contribution in [3.05, 3.63) is 59.2 Å². The molecule has 122 valence electrons. The van der Waals surface area contributed by atoms with E-state index in [1.165, 1.54) is 0 Å². The van der Waals surface area contributed by atoms with Crippen molar-refractivity contribution in [1.29, 1.82) is 0 Å². The molecule has 0 amide bonds. The van der Waals surface area contributed by atoms with E-state index in [-0.39, 0.29) is 17.6 Å². The maximum absolute atomic E-state index is 12.3. The molecule has 24 heavy (non-hydrogen) atoms. The van der Waals surface area contributed by atoms with Gasteiger partial charge in [0.25, 0.3) is 0 Å². The molecule has 1 fully saturated rings. The van der Waals surface area contributed by atoms with Crippen molar-refractivity contribution >= 4 is 17.5 Å². The number of aryl methyl sites for hydroxylation is 1. The van der Waals surface area contributed by atoms with Crippen LogP contribution in [-0.2, 0) is 9.63 Å². The predicted molar refractivity (Wildman–Crippen MR) is 90.5 cm³/mol. The molecule has 0 heterocycles. The van der Waals surface area contributed by atoms with Crippen molar-refractivity contribution in [3.63, 3.8) is 0 Å². The van der Waals surface area contributed by atoms with Crippen LogP contribution in [0.4, 0.5) is 0 Å². The highest BCUT2D eigenvalue weighted by Crippen LogP contribution is 2.51. The monoisotopic (exact) mass is 321 g/mol. The highest BCUT2D eigenvalue weighted by Gasteiger charge is 2.51. The van der Waals surface area contributed by atoms with Crippen LogP contribution in [-0.4, -0.2) is 17.5 Å². The average molecular weight is 321 g/mol. The molecule has 0 radical (unpaired) electrons. The van der Waals surface area contributed by atoms with Gasteiger partial charge in [-0.2, -0.15) is 0 Å². The average Bonchev–Trinajstić information content (AvgIpc) is 3.16. The molecule has 3 aliphatic carbocycles. The van der Waals surface area contributed by atoms with E-state index in [2.05, 4.69) is 17.3 Å². The molecular formula is C20H19NO3. The van der Waals surface area contributed by atoms with Crippen LogP contribution in [0.25, 0.3) is 0 Å². The molecule has 4 nitrogen and oxygen atoms in total. The van der Waals surface area contributed by atoms with Gasteiger partial charge < -0.3 is 4.84 Å². The van der Waals surface area contributed by atoms with E-state index in [1.807, 2.05) is 26.0 Å². The Morgan fingerprint density at radius 2 is 1.75 bits per heavy atom. The van der Waals surface area contributed by atoms with E-state index < -0.39 is 5.97 Å². The van der Waals surface area contributed by atoms with E-state index in [0.717, 1.165) is 23.3 Å². The SMILES string of the molecule is CC1=CC(=O)[C@@H]2[C@@H](/C1=N/OC(=O)c1ccc(C)cc1)[C@H]1C=C[C@H]2C1. The molecule has 1 saturated carbocycles. The molecule has 4 heteroatoms. The quantitative estimate of drug-likeness (QED) is 0.476. The Hall–Kier alpha value is -2.49. The Bertz CT molecular complexity index is 801. The molecule has 2 bridgehead atoms. The first-order valence-corrected chi connectivity index (χ1v) is 8.31. The lowest BCUT2D eigenvalue weighted by molar-refractivity contribution is -0.119. The second kappa shape index (κ2) is 5.55. The fourth-order valence-electron chi connectivity index (χ4n) is 4.20. The van der Waals surface area contributed by atoms with Gasteiger partial charge in [-0.3, -0.25) is 4.79 Å². The Balaban J connectivity index is 1.60. The summed E-state index contributed by atoms with van der Waals surface area (Å²) in [6.07, 6.45) is 6.96. The van der Waals surface area contributed by atoms with E-state index in [0.29, 0.717) is 17.4 Å². The number of fused-ring (bicyclic) bond motifs is 5. The van der Waals surface area contributed by atoms with Gasteiger partial charge in [0, 0.05) is 11.8 Å². The van der Waals surface area contributed by atoms with Crippen LogP contribution in [0.1, 0.15) is 29.3 Å². The summed E-state index contributed by atoms with van der Waals surface area (Å²) < 4.78 is 0. The zero-order chi connectivity index (χ0) is 16.8. The van der Waals surface area contributed by atoms with Gasteiger partial charge in [0.05, 0.1) is 11.3 Å².